The Morgan fingerprint density at radius 3 is 2.91 bits per heavy atom. The molecule has 22 heavy (non-hydrogen) atoms. The SMILES string of the molecule is Cn1cc(S(=O)(=O)NCCc2ccc(-c3ccco3)s2)cn1. The molecule has 0 aromatic carbocycles. The highest BCUT2D eigenvalue weighted by atomic mass is 32.2. The standard InChI is InChI=1S/C14H15N3O3S2/c1-17-10-12(9-15-17)22(18,19)16-7-6-11-4-5-14(21-11)13-3-2-8-20-13/h2-5,8-10,16H,6-7H2,1H3. The van der Waals surface area contributed by atoms with Gasteiger partial charge in [0.2, 0.25) is 10.0 Å². The van der Waals surface area contributed by atoms with Gasteiger partial charge in [0.15, 0.2) is 0 Å². The molecule has 1 N–H and O–H groups in total. The minimum atomic E-state index is -3.49. The molecule has 0 amide bonds. The summed E-state index contributed by atoms with van der Waals surface area (Å²) in [5.74, 6) is 0.826. The fraction of sp³-hybridized carbons (Fsp3) is 0.214. The van der Waals surface area contributed by atoms with Crippen LogP contribution in [0.15, 0.2) is 52.2 Å². The predicted octanol–water partition coefficient (Wildman–Crippen LogP) is 2.26. The first-order valence-electron chi connectivity index (χ1n) is 6.65. The van der Waals surface area contributed by atoms with E-state index >= 15 is 0 Å². The molecule has 0 fully saturated rings. The molecule has 0 bridgehead atoms. The Morgan fingerprint density at radius 2 is 2.23 bits per heavy atom. The zero-order valence-electron chi connectivity index (χ0n) is 11.9. The van der Waals surface area contributed by atoms with Gasteiger partial charge in [0, 0.05) is 24.7 Å². The average Bonchev–Trinajstić information content (AvgIpc) is 3.18. The summed E-state index contributed by atoms with van der Waals surface area (Å²) in [6.45, 7) is 0.343. The topological polar surface area (TPSA) is 77.1 Å². The second-order valence-electron chi connectivity index (χ2n) is 4.74. The average molecular weight is 337 g/mol. The summed E-state index contributed by atoms with van der Waals surface area (Å²) in [7, 11) is -1.81. The van der Waals surface area contributed by atoms with E-state index in [1.807, 2.05) is 24.3 Å². The van der Waals surface area contributed by atoms with Crippen molar-refractivity contribution in [2.24, 2.45) is 7.05 Å². The fourth-order valence-corrected chi connectivity index (χ4v) is 3.98. The third kappa shape index (κ3) is 3.29. The zero-order chi connectivity index (χ0) is 15.6. The highest BCUT2D eigenvalue weighted by Gasteiger charge is 2.15. The number of rotatable bonds is 6. The Labute approximate surface area is 132 Å². The second-order valence-corrected chi connectivity index (χ2v) is 7.68. The van der Waals surface area contributed by atoms with Gasteiger partial charge in [-0.15, -0.1) is 11.3 Å². The summed E-state index contributed by atoms with van der Waals surface area (Å²) in [4.78, 5) is 2.31. The molecule has 3 aromatic heterocycles. The van der Waals surface area contributed by atoms with E-state index in [1.54, 1.807) is 24.6 Å². The van der Waals surface area contributed by atoms with Gasteiger partial charge in [-0.1, -0.05) is 0 Å². The highest BCUT2D eigenvalue weighted by Crippen LogP contribution is 2.28. The van der Waals surface area contributed by atoms with Crippen molar-refractivity contribution in [2.45, 2.75) is 11.3 Å². The van der Waals surface area contributed by atoms with Gasteiger partial charge in [-0.2, -0.15) is 5.10 Å². The van der Waals surface area contributed by atoms with Crippen LogP contribution in [0.25, 0.3) is 10.6 Å². The van der Waals surface area contributed by atoms with E-state index in [0.29, 0.717) is 13.0 Å². The third-order valence-electron chi connectivity index (χ3n) is 3.08. The van der Waals surface area contributed by atoms with Crippen LogP contribution in [0.4, 0.5) is 0 Å². The van der Waals surface area contributed by atoms with E-state index in [0.717, 1.165) is 15.5 Å². The van der Waals surface area contributed by atoms with Gasteiger partial charge in [0.05, 0.1) is 17.3 Å². The predicted molar refractivity (Wildman–Crippen MR) is 84.1 cm³/mol. The molecule has 0 spiro atoms. The van der Waals surface area contributed by atoms with Crippen LogP contribution >= 0.6 is 11.3 Å². The number of hydrogen-bond acceptors (Lipinski definition) is 5. The van der Waals surface area contributed by atoms with Gasteiger partial charge < -0.3 is 4.42 Å². The maximum atomic E-state index is 12.1. The Morgan fingerprint density at radius 1 is 1.36 bits per heavy atom. The lowest BCUT2D eigenvalue weighted by Gasteiger charge is -2.03. The third-order valence-corrected chi connectivity index (χ3v) is 5.66. The number of aromatic nitrogens is 2. The number of aryl methyl sites for hydroxylation is 1. The van der Waals surface area contributed by atoms with Gasteiger partial charge in [-0.05, 0) is 30.7 Å². The van der Waals surface area contributed by atoms with Crippen molar-refractivity contribution in [1.82, 2.24) is 14.5 Å². The normalized spacial score (nSPS) is 11.9. The quantitative estimate of drug-likeness (QED) is 0.748. The minimum Gasteiger partial charge on any atom is -0.464 e. The summed E-state index contributed by atoms with van der Waals surface area (Å²) in [6.07, 6.45) is 5.08. The van der Waals surface area contributed by atoms with E-state index in [2.05, 4.69) is 9.82 Å². The molecular weight excluding hydrogens is 322 g/mol. The molecule has 0 saturated heterocycles. The number of nitrogens with one attached hydrogen (secondary N) is 1. The van der Waals surface area contributed by atoms with Crippen molar-refractivity contribution in [3.8, 4) is 10.6 Å². The molecule has 0 aliphatic heterocycles. The molecule has 0 radical (unpaired) electrons. The van der Waals surface area contributed by atoms with Crippen molar-refractivity contribution in [1.29, 1.82) is 0 Å². The molecule has 3 heterocycles. The second kappa shape index (κ2) is 6.07. The lowest BCUT2D eigenvalue weighted by molar-refractivity contribution is 0.581. The maximum absolute atomic E-state index is 12.1. The van der Waals surface area contributed by atoms with E-state index in [-0.39, 0.29) is 4.90 Å². The number of sulfonamides is 1. The van der Waals surface area contributed by atoms with Crippen molar-refractivity contribution in [3.05, 3.63) is 47.8 Å². The Hall–Kier alpha value is -1.90. The van der Waals surface area contributed by atoms with Crippen LogP contribution in [0.2, 0.25) is 0 Å². The van der Waals surface area contributed by atoms with Crippen molar-refractivity contribution < 1.29 is 12.8 Å². The van der Waals surface area contributed by atoms with Crippen LogP contribution in [0.3, 0.4) is 0 Å². The summed E-state index contributed by atoms with van der Waals surface area (Å²) in [6, 6.07) is 7.72. The van der Waals surface area contributed by atoms with Crippen molar-refractivity contribution in [3.63, 3.8) is 0 Å². The van der Waals surface area contributed by atoms with Gasteiger partial charge in [-0.25, -0.2) is 13.1 Å². The number of furan rings is 1. The van der Waals surface area contributed by atoms with Crippen LogP contribution in [-0.4, -0.2) is 24.7 Å². The first kappa shape index (κ1) is 15.0. The Bertz CT molecular complexity index is 848. The molecule has 0 aliphatic rings. The van der Waals surface area contributed by atoms with Crippen molar-refractivity contribution >= 4 is 21.4 Å². The largest absolute Gasteiger partial charge is 0.464 e. The number of thiophene rings is 1. The van der Waals surface area contributed by atoms with Crippen LogP contribution in [0.5, 0.6) is 0 Å². The Balaban J connectivity index is 1.59. The maximum Gasteiger partial charge on any atom is 0.243 e. The van der Waals surface area contributed by atoms with E-state index < -0.39 is 10.0 Å². The molecule has 116 valence electrons. The van der Waals surface area contributed by atoms with Crippen LogP contribution < -0.4 is 4.72 Å². The van der Waals surface area contributed by atoms with E-state index in [1.165, 1.54) is 17.1 Å². The van der Waals surface area contributed by atoms with Crippen molar-refractivity contribution in [2.75, 3.05) is 6.54 Å². The molecule has 6 nitrogen and oxygen atoms in total. The Kier molecular flexibility index (Phi) is 4.14. The van der Waals surface area contributed by atoms with Crippen LogP contribution in [-0.2, 0) is 23.5 Å². The number of hydrogen-bond donors (Lipinski definition) is 1. The first-order valence-corrected chi connectivity index (χ1v) is 8.95. The van der Waals surface area contributed by atoms with Gasteiger partial charge in [-0.3, -0.25) is 4.68 Å². The van der Waals surface area contributed by atoms with Gasteiger partial charge in [0.25, 0.3) is 0 Å². The molecule has 0 saturated carbocycles. The summed E-state index contributed by atoms with van der Waals surface area (Å²) >= 11 is 1.60. The highest BCUT2D eigenvalue weighted by molar-refractivity contribution is 7.89. The summed E-state index contributed by atoms with van der Waals surface area (Å²) in [5, 5.41) is 3.87. The zero-order valence-corrected chi connectivity index (χ0v) is 13.5. The lowest BCUT2D eigenvalue weighted by Crippen LogP contribution is -2.25. The fourth-order valence-electron chi connectivity index (χ4n) is 1.99. The lowest BCUT2D eigenvalue weighted by atomic mass is 10.3. The van der Waals surface area contributed by atoms with Crippen LogP contribution in [0, 0.1) is 0 Å². The molecule has 3 aromatic rings. The molecule has 0 unspecified atom stereocenters. The molecule has 0 atom stereocenters. The van der Waals surface area contributed by atoms with Gasteiger partial charge >= 0.3 is 0 Å². The molecule has 3 rings (SSSR count). The smallest absolute Gasteiger partial charge is 0.243 e. The first-order chi connectivity index (χ1) is 10.5. The number of nitrogens with zero attached hydrogens (tertiary/aromatic N) is 2. The molecule has 0 aliphatic carbocycles. The molecular formula is C14H15N3O3S2. The molecule has 8 heteroatoms. The summed E-state index contributed by atoms with van der Waals surface area (Å²) in [5.41, 5.74) is 0. The van der Waals surface area contributed by atoms with E-state index in [4.69, 9.17) is 4.42 Å². The van der Waals surface area contributed by atoms with E-state index in [9.17, 15) is 8.42 Å². The van der Waals surface area contributed by atoms with Gasteiger partial charge in [0.1, 0.15) is 10.7 Å². The van der Waals surface area contributed by atoms with Crippen LogP contribution in [0.1, 0.15) is 4.88 Å². The minimum absolute atomic E-state index is 0.178. The monoisotopic (exact) mass is 337 g/mol. The summed E-state index contributed by atoms with van der Waals surface area (Å²) < 4.78 is 33.5.